The van der Waals surface area contributed by atoms with Crippen molar-refractivity contribution in [2.75, 3.05) is 25.6 Å². The number of hydrogen-bond acceptors (Lipinski definition) is 3. The lowest BCUT2D eigenvalue weighted by Crippen LogP contribution is -2.19. The Bertz CT molecular complexity index is 745. The van der Waals surface area contributed by atoms with Crippen LogP contribution in [0.4, 0.5) is 5.69 Å². The molecule has 0 aliphatic rings. The first-order chi connectivity index (χ1) is 10.5. The number of nitrogens with one attached hydrogen (secondary N) is 1. The van der Waals surface area contributed by atoms with E-state index in [2.05, 4.69) is 10.8 Å². The average molecular weight is 299 g/mol. The Morgan fingerprint density at radius 2 is 1.95 bits per heavy atom. The lowest BCUT2D eigenvalue weighted by Gasteiger charge is -2.11. The summed E-state index contributed by atoms with van der Waals surface area (Å²) in [7, 11) is 3.99. The topological polar surface area (TPSA) is 61.3 Å². The Kier molecular flexibility index (Phi) is 5.04. The van der Waals surface area contributed by atoms with Gasteiger partial charge in [0.15, 0.2) is 0 Å². The van der Waals surface area contributed by atoms with E-state index in [0.717, 1.165) is 16.9 Å². The molecule has 1 heterocycles. The molecular formula is C17H21N3O2. The van der Waals surface area contributed by atoms with Crippen LogP contribution in [0.3, 0.4) is 0 Å². The quantitative estimate of drug-likeness (QED) is 0.829. The molecule has 0 saturated heterocycles. The lowest BCUT2D eigenvalue weighted by molar-refractivity contribution is 0.267. The van der Waals surface area contributed by atoms with Crippen LogP contribution in [-0.4, -0.2) is 35.6 Å². The van der Waals surface area contributed by atoms with Crippen molar-refractivity contribution < 1.29 is 5.11 Å². The first kappa shape index (κ1) is 15.9. The van der Waals surface area contributed by atoms with Gasteiger partial charge in [-0.1, -0.05) is 12.1 Å². The molecule has 0 atom stereocenters. The highest BCUT2D eigenvalue weighted by atomic mass is 16.3. The summed E-state index contributed by atoms with van der Waals surface area (Å²) in [6.07, 6.45) is 3.50. The number of benzene rings is 1. The van der Waals surface area contributed by atoms with Crippen molar-refractivity contribution in [3.05, 3.63) is 57.2 Å². The molecule has 2 N–H and O–H groups in total. The summed E-state index contributed by atoms with van der Waals surface area (Å²) in [4.78, 5) is 14.1. The van der Waals surface area contributed by atoms with Crippen molar-refractivity contribution in [3.63, 3.8) is 0 Å². The molecule has 116 valence electrons. The minimum absolute atomic E-state index is 0.0723. The third kappa shape index (κ3) is 3.58. The number of H-pyrrole nitrogens is 1. The standard InChI is InChI=1S/C17H21N3O2/c1-13-16(17(22)20(18-13)11-12-21)6-4-5-14-7-9-15(10-8-14)19(2)3/h5-10,18,21H,11-12H2,1-3H3. The number of aromatic amines is 1. The monoisotopic (exact) mass is 299 g/mol. The van der Waals surface area contributed by atoms with Crippen molar-refractivity contribution in [1.29, 1.82) is 0 Å². The Hall–Kier alpha value is -2.49. The van der Waals surface area contributed by atoms with Gasteiger partial charge < -0.3 is 10.0 Å². The second-order valence-corrected chi connectivity index (χ2v) is 5.27. The van der Waals surface area contributed by atoms with E-state index in [4.69, 9.17) is 5.11 Å². The van der Waals surface area contributed by atoms with E-state index in [1.807, 2.05) is 56.3 Å². The number of nitrogens with zero attached hydrogens (tertiary/aromatic N) is 2. The molecule has 0 saturated carbocycles. The highest BCUT2D eigenvalue weighted by molar-refractivity contribution is 5.60. The molecule has 0 radical (unpaired) electrons. The number of aliphatic hydroxyl groups is 1. The Labute approximate surface area is 129 Å². The number of aliphatic hydroxyl groups excluding tert-OH is 1. The lowest BCUT2D eigenvalue weighted by atomic mass is 10.2. The van der Waals surface area contributed by atoms with Crippen LogP contribution < -0.4 is 10.5 Å². The van der Waals surface area contributed by atoms with Crippen molar-refractivity contribution in [2.24, 2.45) is 0 Å². The Morgan fingerprint density at radius 3 is 2.55 bits per heavy atom. The van der Waals surface area contributed by atoms with Gasteiger partial charge in [0.25, 0.3) is 5.56 Å². The van der Waals surface area contributed by atoms with Crippen LogP contribution >= 0.6 is 0 Å². The van der Waals surface area contributed by atoms with Gasteiger partial charge in [0.2, 0.25) is 0 Å². The van der Waals surface area contributed by atoms with Crippen molar-refractivity contribution >= 4 is 17.8 Å². The van der Waals surface area contributed by atoms with Crippen LogP contribution in [-0.2, 0) is 6.54 Å². The molecule has 1 aromatic carbocycles. The first-order valence-electron chi connectivity index (χ1n) is 7.13. The largest absolute Gasteiger partial charge is 0.394 e. The molecule has 0 amide bonds. The van der Waals surface area contributed by atoms with Crippen LogP contribution in [0.2, 0.25) is 0 Å². The number of aromatic nitrogens is 2. The minimum atomic E-state index is -0.143. The van der Waals surface area contributed by atoms with Crippen LogP contribution in [0.25, 0.3) is 12.2 Å². The fourth-order valence-corrected chi connectivity index (χ4v) is 2.14. The van der Waals surface area contributed by atoms with Crippen molar-refractivity contribution in [1.82, 2.24) is 9.78 Å². The molecule has 5 nitrogen and oxygen atoms in total. The molecule has 22 heavy (non-hydrogen) atoms. The molecule has 0 aliphatic carbocycles. The molecule has 0 aliphatic heterocycles. The van der Waals surface area contributed by atoms with E-state index in [-0.39, 0.29) is 18.7 Å². The number of aryl methyl sites for hydroxylation is 1. The van der Waals surface area contributed by atoms with E-state index in [0.29, 0.717) is 5.56 Å². The fraction of sp³-hybridized carbons (Fsp3) is 0.294. The Balaban J connectivity index is 2.22. The highest BCUT2D eigenvalue weighted by Gasteiger charge is 2.07. The van der Waals surface area contributed by atoms with Gasteiger partial charge in [-0.25, -0.2) is 0 Å². The predicted molar refractivity (Wildman–Crippen MR) is 90.1 cm³/mol. The van der Waals surface area contributed by atoms with E-state index in [1.54, 1.807) is 6.08 Å². The van der Waals surface area contributed by atoms with E-state index >= 15 is 0 Å². The molecule has 0 fully saturated rings. The number of anilines is 1. The van der Waals surface area contributed by atoms with Crippen LogP contribution in [0.15, 0.2) is 34.8 Å². The van der Waals surface area contributed by atoms with Crippen molar-refractivity contribution in [3.8, 4) is 0 Å². The molecule has 1 aromatic heterocycles. The summed E-state index contributed by atoms with van der Waals surface area (Å²) in [5.41, 5.74) is 6.38. The Morgan fingerprint density at radius 1 is 1.27 bits per heavy atom. The zero-order valence-electron chi connectivity index (χ0n) is 13.1. The summed E-state index contributed by atoms with van der Waals surface area (Å²) in [5.74, 6) is 0. The minimum Gasteiger partial charge on any atom is -0.394 e. The summed E-state index contributed by atoms with van der Waals surface area (Å²) in [5, 5.41) is 11.9. The van der Waals surface area contributed by atoms with Gasteiger partial charge in [0.1, 0.15) is 0 Å². The molecule has 2 rings (SSSR count). The maximum Gasteiger partial charge on any atom is 0.274 e. The zero-order valence-corrected chi connectivity index (χ0v) is 13.1. The smallest absolute Gasteiger partial charge is 0.274 e. The van der Waals surface area contributed by atoms with E-state index in [1.165, 1.54) is 4.68 Å². The zero-order chi connectivity index (χ0) is 16.1. The predicted octanol–water partition coefficient (Wildman–Crippen LogP) is 1.87. The maximum absolute atomic E-state index is 12.1. The van der Waals surface area contributed by atoms with Gasteiger partial charge in [-0.3, -0.25) is 14.6 Å². The first-order valence-corrected chi connectivity index (χ1v) is 7.13. The van der Waals surface area contributed by atoms with Gasteiger partial charge in [0.05, 0.1) is 18.7 Å². The molecule has 2 aromatic rings. The van der Waals surface area contributed by atoms with Crippen LogP contribution in [0, 0.1) is 6.92 Å². The summed E-state index contributed by atoms with van der Waals surface area (Å²) in [6, 6.07) is 8.07. The third-order valence-electron chi connectivity index (χ3n) is 3.39. The SMILES string of the molecule is Cc1[nH]n(CCO)c(=O)c1C=C=Cc1ccc(N(C)C)cc1. The molecule has 5 heteroatoms. The molecule has 0 bridgehead atoms. The summed E-state index contributed by atoms with van der Waals surface area (Å²) < 4.78 is 1.40. The van der Waals surface area contributed by atoms with Crippen molar-refractivity contribution in [2.45, 2.75) is 13.5 Å². The van der Waals surface area contributed by atoms with Gasteiger partial charge in [-0.2, -0.15) is 0 Å². The van der Waals surface area contributed by atoms with Crippen LogP contribution in [0.1, 0.15) is 16.8 Å². The molecule has 0 spiro atoms. The normalized spacial score (nSPS) is 10.2. The highest BCUT2D eigenvalue weighted by Crippen LogP contribution is 2.13. The number of hydrogen-bond donors (Lipinski definition) is 2. The summed E-state index contributed by atoms with van der Waals surface area (Å²) >= 11 is 0. The number of rotatable bonds is 5. The average Bonchev–Trinajstić information content (AvgIpc) is 2.75. The summed E-state index contributed by atoms with van der Waals surface area (Å²) in [6.45, 7) is 2.02. The van der Waals surface area contributed by atoms with Gasteiger partial charge >= 0.3 is 0 Å². The van der Waals surface area contributed by atoms with Crippen LogP contribution in [0.5, 0.6) is 0 Å². The third-order valence-corrected chi connectivity index (χ3v) is 3.39. The molecular weight excluding hydrogens is 278 g/mol. The molecule has 0 unspecified atom stereocenters. The van der Waals surface area contributed by atoms with Gasteiger partial charge in [-0.15, -0.1) is 5.73 Å². The van der Waals surface area contributed by atoms with Gasteiger partial charge in [0, 0.05) is 25.5 Å². The van der Waals surface area contributed by atoms with Gasteiger partial charge in [-0.05, 0) is 36.8 Å². The fourth-order valence-electron chi connectivity index (χ4n) is 2.14. The second kappa shape index (κ2) is 6.98. The second-order valence-electron chi connectivity index (χ2n) is 5.27. The maximum atomic E-state index is 12.1. The van der Waals surface area contributed by atoms with E-state index in [9.17, 15) is 4.79 Å². The van der Waals surface area contributed by atoms with E-state index < -0.39 is 0 Å².